The molecule has 1 heterocycles. The minimum Gasteiger partial charge on any atom is -0.481 e. The second kappa shape index (κ2) is 5.72. The largest absolute Gasteiger partial charge is 0.481 e. The molecular weight excluding hydrogens is 238 g/mol. The first-order valence-electron chi connectivity index (χ1n) is 7.14. The van der Waals surface area contributed by atoms with Crippen molar-refractivity contribution in [3.05, 3.63) is 29.6 Å². The Morgan fingerprint density at radius 2 is 2.16 bits per heavy atom. The summed E-state index contributed by atoms with van der Waals surface area (Å²) < 4.78 is 0. The van der Waals surface area contributed by atoms with Gasteiger partial charge in [0.15, 0.2) is 0 Å². The van der Waals surface area contributed by atoms with E-state index in [9.17, 15) is 9.90 Å². The molecule has 1 saturated carbocycles. The Balaban J connectivity index is 2.31. The summed E-state index contributed by atoms with van der Waals surface area (Å²) in [5, 5.41) is 9.47. The van der Waals surface area contributed by atoms with E-state index >= 15 is 0 Å². The molecule has 3 unspecified atom stereocenters. The molecule has 0 radical (unpaired) electrons. The van der Waals surface area contributed by atoms with Gasteiger partial charge in [-0.3, -0.25) is 9.78 Å². The Morgan fingerprint density at radius 1 is 1.42 bits per heavy atom. The molecule has 1 aromatic rings. The third kappa shape index (κ3) is 2.96. The zero-order valence-corrected chi connectivity index (χ0v) is 12.0. The molecule has 0 saturated heterocycles. The van der Waals surface area contributed by atoms with Crippen molar-refractivity contribution in [3.8, 4) is 0 Å². The van der Waals surface area contributed by atoms with Crippen LogP contribution in [-0.4, -0.2) is 16.1 Å². The van der Waals surface area contributed by atoms with Crippen LogP contribution in [0.4, 0.5) is 0 Å². The molecule has 1 aliphatic rings. The molecule has 1 fully saturated rings. The summed E-state index contributed by atoms with van der Waals surface area (Å²) in [6.45, 7) is 6.52. The summed E-state index contributed by atoms with van der Waals surface area (Å²) in [6, 6.07) is 1.98. The third-order valence-electron chi connectivity index (χ3n) is 4.63. The molecular formula is C16H23NO2. The van der Waals surface area contributed by atoms with Crippen LogP contribution in [0.25, 0.3) is 0 Å². The Kier molecular flexibility index (Phi) is 4.23. The lowest BCUT2D eigenvalue weighted by Crippen LogP contribution is -2.31. The van der Waals surface area contributed by atoms with Crippen LogP contribution >= 0.6 is 0 Å². The number of rotatable bonds is 3. The van der Waals surface area contributed by atoms with E-state index in [1.165, 1.54) is 0 Å². The highest BCUT2D eigenvalue weighted by molar-refractivity contribution is 5.71. The van der Waals surface area contributed by atoms with Crippen molar-refractivity contribution in [2.45, 2.75) is 46.0 Å². The van der Waals surface area contributed by atoms with E-state index in [2.05, 4.69) is 25.8 Å². The van der Waals surface area contributed by atoms with E-state index in [0.29, 0.717) is 11.8 Å². The Morgan fingerprint density at radius 3 is 2.74 bits per heavy atom. The van der Waals surface area contributed by atoms with Gasteiger partial charge in [-0.15, -0.1) is 0 Å². The molecule has 1 aromatic heterocycles. The normalized spacial score (nSPS) is 27.5. The van der Waals surface area contributed by atoms with Gasteiger partial charge < -0.3 is 5.11 Å². The fraction of sp³-hybridized carbons (Fsp3) is 0.625. The van der Waals surface area contributed by atoms with Crippen molar-refractivity contribution in [3.63, 3.8) is 0 Å². The summed E-state index contributed by atoms with van der Waals surface area (Å²) in [5.41, 5.74) is 2.29. The van der Waals surface area contributed by atoms with E-state index in [1.54, 1.807) is 6.20 Å². The monoisotopic (exact) mass is 261 g/mol. The molecule has 0 aromatic carbocycles. The smallest absolute Gasteiger partial charge is 0.307 e. The van der Waals surface area contributed by atoms with Crippen molar-refractivity contribution in [2.24, 2.45) is 17.8 Å². The van der Waals surface area contributed by atoms with Crippen molar-refractivity contribution >= 4 is 5.97 Å². The van der Waals surface area contributed by atoms with Crippen molar-refractivity contribution in [2.75, 3.05) is 0 Å². The number of aliphatic carboxylic acids is 1. The van der Waals surface area contributed by atoms with Crippen LogP contribution in [0.3, 0.4) is 0 Å². The van der Waals surface area contributed by atoms with Crippen LogP contribution in [0, 0.1) is 24.7 Å². The standard InChI is InChI=1S/C16H23NO2/c1-10(2)12-4-5-13(16(18)19)14(8-12)15-9-17-7-6-11(15)3/h6-7,9-10,12-14H,4-5,8H2,1-3H3,(H,18,19). The van der Waals surface area contributed by atoms with E-state index < -0.39 is 5.97 Å². The lowest BCUT2D eigenvalue weighted by atomic mass is 9.68. The van der Waals surface area contributed by atoms with Gasteiger partial charge in [-0.2, -0.15) is 0 Å². The summed E-state index contributed by atoms with van der Waals surface area (Å²) in [6.07, 6.45) is 6.43. The van der Waals surface area contributed by atoms with Crippen LogP contribution in [0.15, 0.2) is 18.5 Å². The number of pyridine rings is 1. The minimum atomic E-state index is -0.657. The molecule has 0 spiro atoms. The maximum atomic E-state index is 11.5. The molecule has 3 heteroatoms. The third-order valence-corrected chi connectivity index (χ3v) is 4.63. The maximum absolute atomic E-state index is 11.5. The average Bonchev–Trinajstić information content (AvgIpc) is 2.38. The number of aryl methyl sites for hydroxylation is 1. The quantitative estimate of drug-likeness (QED) is 0.904. The molecule has 3 atom stereocenters. The number of hydrogen-bond donors (Lipinski definition) is 1. The van der Waals surface area contributed by atoms with E-state index in [0.717, 1.165) is 30.4 Å². The second-order valence-electron chi connectivity index (χ2n) is 6.10. The maximum Gasteiger partial charge on any atom is 0.307 e. The highest BCUT2D eigenvalue weighted by Crippen LogP contribution is 2.43. The van der Waals surface area contributed by atoms with Gasteiger partial charge in [0.1, 0.15) is 0 Å². The molecule has 19 heavy (non-hydrogen) atoms. The summed E-state index contributed by atoms with van der Waals surface area (Å²) in [5.74, 6) is 0.454. The van der Waals surface area contributed by atoms with Crippen LogP contribution in [0.2, 0.25) is 0 Å². The number of carboxylic acids is 1. The van der Waals surface area contributed by atoms with Gasteiger partial charge in [-0.25, -0.2) is 0 Å². The average molecular weight is 261 g/mol. The summed E-state index contributed by atoms with van der Waals surface area (Å²) in [7, 11) is 0. The lowest BCUT2D eigenvalue weighted by Gasteiger charge is -2.36. The van der Waals surface area contributed by atoms with Crippen molar-refractivity contribution in [1.29, 1.82) is 0 Å². The summed E-state index contributed by atoms with van der Waals surface area (Å²) in [4.78, 5) is 15.7. The van der Waals surface area contributed by atoms with E-state index in [-0.39, 0.29) is 11.8 Å². The SMILES string of the molecule is Cc1ccncc1C1CC(C(C)C)CCC1C(=O)O. The number of nitrogens with zero attached hydrogens (tertiary/aromatic N) is 1. The molecule has 0 bridgehead atoms. The number of carboxylic acid groups (broad SMARTS) is 1. The van der Waals surface area contributed by atoms with Crippen LogP contribution in [-0.2, 0) is 4.79 Å². The van der Waals surface area contributed by atoms with Gasteiger partial charge in [0.05, 0.1) is 5.92 Å². The van der Waals surface area contributed by atoms with Gasteiger partial charge in [0, 0.05) is 12.4 Å². The van der Waals surface area contributed by atoms with Crippen molar-refractivity contribution in [1.82, 2.24) is 4.98 Å². The predicted molar refractivity (Wildman–Crippen MR) is 75.0 cm³/mol. The topological polar surface area (TPSA) is 50.2 Å². The molecule has 1 aliphatic carbocycles. The fourth-order valence-corrected chi connectivity index (χ4v) is 3.31. The molecule has 2 rings (SSSR count). The second-order valence-corrected chi connectivity index (χ2v) is 6.10. The zero-order chi connectivity index (χ0) is 14.0. The Bertz CT molecular complexity index is 456. The zero-order valence-electron chi connectivity index (χ0n) is 12.0. The number of carbonyl (C=O) groups is 1. The molecule has 104 valence electrons. The van der Waals surface area contributed by atoms with Crippen LogP contribution in [0.5, 0.6) is 0 Å². The Labute approximate surface area is 115 Å². The molecule has 3 nitrogen and oxygen atoms in total. The van der Waals surface area contributed by atoms with E-state index in [4.69, 9.17) is 0 Å². The summed E-state index contributed by atoms with van der Waals surface area (Å²) >= 11 is 0. The van der Waals surface area contributed by atoms with Gasteiger partial charge in [-0.05, 0) is 61.1 Å². The molecule has 0 amide bonds. The van der Waals surface area contributed by atoms with E-state index in [1.807, 2.05) is 12.3 Å². The van der Waals surface area contributed by atoms with Crippen LogP contribution in [0.1, 0.15) is 50.2 Å². The first kappa shape index (κ1) is 14.0. The van der Waals surface area contributed by atoms with Crippen molar-refractivity contribution < 1.29 is 9.90 Å². The lowest BCUT2D eigenvalue weighted by molar-refractivity contribution is -0.144. The number of aromatic nitrogens is 1. The highest BCUT2D eigenvalue weighted by atomic mass is 16.4. The first-order valence-corrected chi connectivity index (χ1v) is 7.14. The van der Waals surface area contributed by atoms with Gasteiger partial charge in [0.2, 0.25) is 0 Å². The van der Waals surface area contributed by atoms with Gasteiger partial charge >= 0.3 is 5.97 Å². The predicted octanol–water partition coefficient (Wildman–Crippen LogP) is 3.63. The van der Waals surface area contributed by atoms with Gasteiger partial charge in [-0.1, -0.05) is 13.8 Å². The van der Waals surface area contributed by atoms with Gasteiger partial charge in [0.25, 0.3) is 0 Å². The Hall–Kier alpha value is -1.38. The molecule has 1 N–H and O–H groups in total. The van der Waals surface area contributed by atoms with Crippen LogP contribution < -0.4 is 0 Å². The first-order chi connectivity index (χ1) is 9.00. The minimum absolute atomic E-state index is 0.118. The molecule has 0 aliphatic heterocycles. The highest BCUT2D eigenvalue weighted by Gasteiger charge is 2.37. The number of hydrogen-bond acceptors (Lipinski definition) is 2. The fourth-order valence-electron chi connectivity index (χ4n) is 3.31.